The normalized spacial score (nSPS) is 11.0. The number of hydrogen-bond acceptors (Lipinski definition) is 3. The fourth-order valence-corrected chi connectivity index (χ4v) is 3.65. The van der Waals surface area contributed by atoms with E-state index in [1.165, 1.54) is 17.4 Å². The molecule has 0 aliphatic carbocycles. The Labute approximate surface area is 159 Å². The van der Waals surface area contributed by atoms with Crippen molar-refractivity contribution in [3.63, 3.8) is 0 Å². The van der Waals surface area contributed by atoms with E-state index in [2.05, 4.69) is 10.3 Å². The Balaban J connectivity index is 1.75. The average Bonchev–Trinajstić information content (AvgIpc) is 2.95. The third kappa shape index (κ3) is 4.28. The Morgan fingerprint density at radius 1 is 1.08 bits per heavy atom. The van der Waals surface area contributed by atoms with E-state index in [9.17, 15) is 4.79 Å². The van der Waals surface area contributed by atoms with E-state index in [0.717, 1.165) is 16.1 Å². The van der Waals surface area contributed by atoms with Crippen molar-refractivity contribution in [3.8, 4) is 11.3 Å². The van der Waals surface area contributed by atoms with E-state index in [4.69, 9.17) is 23.2 Å². The molecule has 0 aliphatic rings. The maximum absolute atomic E-state index is 12.1. The lowest BCUT2D eigenvalue weighted by Gasteiger charge is -2.01. The highest BCUT2D eigenvalue weighted by Gasteiger charge is 2.11. The first-order valence-corrected chi connectivity index (χ1v) is 9.08. The molecule has 1 amide bonds. The smallest absolute Gasteiger partial charge is 0.250 e. The Bertz CT molecular complexity index is 916. The van der Waals surface area contributed by atoms with Crippen molar-refractivity contribution in [3.05, 3.63) is 75.1 Å². The monoisotopic (exact) mass is 388 g/mol. The van der Waals surface area contributed by atoms with Crippen molar-refractivity contribution >= 4 is 51.7 Å². The molecule has 0 unspecified atom stereocenters. The van der Waals surface area contributed by atoms with E-state index in [1.807, 2.05) is 37.3 Å². The molecule has 3 aromatic rings. The Morgan fingerprint density at radius 2 is 1.76 bits per heavy atom. The number of hydrogen-bond donors (Lipinski definition) is 1. The van der Waals surface area contributed by atoms with Crippen LogP contribution >= 0.6 is 34.5 Å². The van der Waals surface area contributed by atoms with Gasteiger partial charge in [-0.05, 0) is 25.1 Å². The molecule has 2 aromatic carbocycles. The van der Waals surface area contributed by atoms with Gasteiger partial charge in [0.15, 0.2) is 5.13 Å². The number of thiazole rings is 1. The van der Waals surface area contributed by atoms with E-state index in [-0.39, 0.29) is 5.91 Å². The molecule has 0 fully saturated rings. The first-order chi connectivity index (χ1) is 12.0. The van der Waals surface area contributed by atoms with Gasteiger partial charge in [0.05, 0.1) is 5.69 Å². The lowest BCUT2D eigenvalue weighted by Crippen LogP contribution is -2.07. The maximum Gasteiger partial charge on any atom is 0.250 e. The number of rotatable bonds is 4. The Hall–Kier alpha value is -2.14. The minimum atomic E-state index is -0.288. The molecule has 3 rings (SSSR count). The highest BCUT2D eigenvalue weighted by molar-refractivity contribution is 7.16. The van der Waals surface area contributed by atoms with E-state index >= 15 is 0 Å². The summed E-state index contributed by atoms with van der Waals surface area (Å²) in [4.78, 5) is 17.7. The van der Waals surface area contributed by atoms with Crippen LogP contribution in [0.3, 0.4) is 0 Å². The van der Waals surface area contributed by atoms with Crippen molar-refractivity contribution in [2.75, 3.05) is 5.32 Å². The van der Waals surface area contributed by atoms with Gasteiger partial charge in [0.2, 0.25) is 5.91 Å². The fourth-order valence-electron chi connectivity index (χ4n) is 2.29. The molecule has 0 aliphatic heterocycles. The summed E-state index contributed by atoms with van der Waals surface area (Å²) in [6.45, 7) is 1.98. The molecule has 0 radical (unpaired) electrons. The minimum absolute atomic E-state index is 0.288. The van der Waals surface area contributed by atoms with E-state index in [0.29, 0.717) is 20.7 Å². The molecule has 0 saturated heterocycles. The first kappa shape index (κ1) is 17.7. The van der Waals surface area contributed by atoms with Crippen LogP contribution in [-0.2, 0) is 4.79 Å². The van der Waals surface area contributed by atoms with Crippen LogP contribution in [0.25, 0.3) is 17.3 Å². The number of aromatic nitrogens is 1. The second kappa shape index (κ2) is 7.83. The van der Waals surface area contributed by atoms with Crippen LogP contribution < -0.4 is 5.32 Å². The number of benzene rings is 2. The molecule has 25 heavy (non-hydrogen) atoms. The molecule has 6 heteroatoms. The zero-order valence-corrected chi connectivity index (χ0v) is 15.6. The van der Waals surface area contributed by atoms with Gasteiger partial charge in [-0.2, -0.15) is 0 Å². The predicted molar refractivity (Wildman–Crippen MR) is 106 cm³/mol. The summed E-state index contributed by atoms with van der Waals surface area (Å²) in [7, 11) is 0. The van der Waals surface area contributed by atoms with Crippen LogP contribution in [-0.4, -0.2) is 10.9 Å². The first-order valence-electron chi connectivity index (χ1n) is 7.50. The van der Waals surface area contributed by atoms with Crippen LogP contribution in [0, 0.1) is 6.92 Å². The predicted octanol–water partition coefficient (Wildman–Crippen LogP) is 6.08. The number of anilines is 1. The molecule has 0 saturated carbocycles. The quantitative estimate of drug-likeness (QED) is 0.550. The fraction of sp³-hybridized carbons (Fsp3) is 0.0526. The third-order valence-electron chi connectivity index (χ3n) is 3.48. The highest BCUT2D eigenvalue weighted by Crippen LogP contribution is 2.30. The number of aryl methyl sites for hydroxylation is 1. The summed E-state index contributed by atoms with van der Waals surface area (Å²) in [5, 5.41) is 4.32. The van der Waals surface area contributed by atoms with E-state index < -0.39 is 0 Å². The lowest BCUT2D eigenvalue weighted by molar-refractivity contribution is -0.111. The second-order valence-corrected chi connectivity index (χ2v) is 7.27. The number of carbonyl (C=O) groups is 1. The maximum atomic E-state index is 12.1. The molecular weight excluding hydrogens is 375 g/mol. The van der Waals surface area contributed by atoms with Gasteiger partial charge in [-0.3, -0.25) is 10.1 Å². The Kier molecular flexibility index (Phi) is 5.53. The van der Waals surface area contributed by atoms with E-state index in [1.54, 1.807) is 24.3 Å². The summed E-state index contributed by atoms with van der Waals surface area (Å²) in [5.41, 5.74) is 2.51. The van der Waals surface area contributed by atoms with Crippen molar-refractivity contribution in [1.29, 1.82) is 0 Å². The molecule has 3 nitrogen and oxygen atoms in total. The summed E-state index contributed by atoms with van der Waals surface area (Å²) >= 11 is 13.6. The summed E-state index contributed by atoms with van der Waals surface area (Å²) < 4.78 is 0. The summed E-state index contributed by atoms with van der Waals surface area (Å²) in [5.74, 6) is -0.288. The van der Waals surface area contributed by atoms with Gasteiger partial charge < -0.3 is 0 Å². The van der Waals surface area contributed by atoms with Crippen molar-refractivity contribution in [2.24, 2.45) is 0 Å². The SMILES string of the molecule is Cc1sc(NC(=O)C=Cc2c(Cl)cccc2Cl)nc1-c1ccccc1. The molecule has 0 atom stereocenters. The average molecular weight is 389 g/mol. The standard InChI is InChI=1S/C19H14Cl2N2OS/c1-12-18(13-6-3-2-4-7-13)23-19(25-12)22-17(24)11-10-14-15(20)8-5-9-16(14)21/h2-11H,1H3,(H,22,23,24). The number of halogens is 2. The molecule has 0 spiro atoms. The van der Waals surface area contributed by atoms with Crippen LogP contribution in [0.2, 0.25) is 10.0 Å². The van der Waals surface area contributed by atoms with Crippen LogP contribution in [0.4, 0.5) is 5.13 Å². The van der Waals surface area contributed by atoms with Crippen molar-refractivity contribution < 1.29 is 4.79 Å². The number of nitrogens with one attached hydrogen (secondary N) is 1. The molecular formula is C19H14Cl2N2OS. The Morgan fingerprint density at radius 3 is 2.44 bits per heavy atom. The molecule has 1 aromatic heterocycles. The number of carbonyl (C=O) groups excluding carboxylic acids is 1. The van der Waals surface area contributed by atoms with Gasteiger partial charge in [-0.15, -0.1) is 11.3 Å². The molecule has 1 heterocycles. The lowest BCUT2D eigenvalue weighted by atomic mass is 10.1. The van der Waals surface area contributed by atoms with Crippen LogP contribution in [0.15, 0.2) is 54.6 Å². The summed E-state index contributed by atoms with van der Waals surface area (Å²) in [6.07, 6.45) is 2.99. The zero-order chi connectivity index (χ0) is 17.8. The minimum Gasteiger partial charge on any atom is -0.298 e. The highest BCUT2D eigenvalue weighted by atomic mass is 35.5. The van der Waals surface area contributed by atoms with Gasteiger partial charge >= 0.3 is 0 Å². The topological polar surface area (TPSA) is 42.0 Å². The molecule has 126 valence electrons. The van der Waals surface area contributed by atoms with Gasteiger partial charge in [0.25, 0.3) is 0 Å². The largest absolute Gasteiger partial charge is 0.298 e. The second-order valence-electron chi connectivity index (χ2n) is 5.25. The molecule has 1 N–H and O–H groups in total. The van der Waals surface area contributed by atoms with Crippen molar-refractivity contribution in [1.82, 2.24) is 4.98 Å². The third-order valence-corrected chi connectivity index (χ3v) is 5.02. The van der Waals surface area contributed by atoms with Gasteiger partial charge in [0, 0.05) is 32.1 Å². The van der Waals surface area contributed by atoms with Crippen molar-refractivity contribution in [2.45, 2.75) is 6.92 Å². The van der Waals surface area contributed by atoms with Gasteiger partial charge in [-0.1, -0.05) is 59.6 Å². The zero-order valence-electron chi connectivity index (χ0n) is 13.3. The van der Waals surface area contributed by atoms with Gasteiger partial charge in [0.1, 0.15) is 0 Å². The summed E-state index contributed by atoms with van der Waals surface area (Å²) in [6, 6.07) is 15.1. The molecule has 0 bridgehead atoms. The van der Waals surface area contributed by atoms with Crippen LogP contribution in [0.5, 0.6) is 0 Å². The number of nitrogens with zero attached hydrogens (tertiary/aromatic N) is 1. The van der Waals surface area contributed by atoms with Crippen LogP contribution in [0.1, 0.15) is 10.4 Å². The van der Waals surface area contributed by atoms with Gasteiger partial charge in [-0.25, -0.2) is 4.98 Å². The number of amides is 1.